The van der Waals surface area contributed by atoms with E-state index < -0.39 is 23.4 Å². The van der Waals surface area contributed by atoms with Crippen molar-refractivity contribution < 1.29 is 14.4 Å². The standard InChI is InChI=1S/C20H24N4O3S/c1-3-20(15-9-6-5-7-10-15)18(26)24(19(27)21-20)22-17(25)14-23(4-2)13-16-11-8-12-28-16/h5-12H,3-4,13-14H2,1-2H3,(H,21,27)(H,22,25)/t20-/m0/s1. The third-order valence-corrected chi connectivity index (χ3v) is 5.76. The lowest BCUT2D eigenvalue weighted by Crippen LogP contribution is -2.51. The number of likely N-dealkylation sites (N-methyl/N-ethyl adjacent to an activating group) is 1. The highest BCUT2D eigenvalue weighted by atomic mass is 32.1. The van der Waals surface area contributed by atoms with Crippen LogP contribution in [0.3, 0.4) is 0 Å². The van der Waals surface area contributed by atoms with Crippen LogP contribution in [0, 0.1) is 0 Å². The molecule has 0 spiro atoms. The number of hydrazine groups is 1. The van der Waals surface area contributed by atoms with Crippen LogP contribution in [0.5, 0.6) is 0 Å². The van der Waals surface area contributed by atoms with Gasteiger partial charge < -0.3 is 5.32 Å². The molecule has 0 aliphatic carbocycles. The molecule has 8 heteroatoms. The van der Waals surface area contributed by atoms with E-state index in [1.54, 1.807) is 23.5 Å². The minimum absolute atomic E-state index is 0.0932. The van der Waals surface area contributed by atoms with Crippen LogP contribution in [-0.2, 0) is 21.7 Å². The van der Waals surface area contributed by atoms with Crippen molar-refractivity contribution in [3.63, 3.8) is 0 Å². The predicted molar refractivity (Wildman–Crippen MR) is 107 cm³/mol. The zero-order chi connectivity index (χ0) is 20.1. The van der Waals surface area contributed by atoms with Gasteiger partial charge in [-0.25, -0.2) is 4.79 Å². The van der Waals surface area contributed by atoms with Gasteiger partial charge in [-0.1, -0.05) is 50.2 Å². The van der Waals surface area contributed by atoms with Crippen molar-refractivity contribution in [3.8, 4) is 0 Å². The number of urea groups is 1. The van der Waals surface area contributed by atoms with Crippen LogP contribution in [-0.4, -0.2) is 40.8 Å². The first kappa shape index (κ1) is 20.0. The van der Waals surface area contributed by atoms with Gasteiger partial charge in [-0.15, -0.1) is 11.3 Å². The van der Waals surface area contributed by atoms with E-state index in [2.05, 4.69) is 10.7 Å². The van der Waals surface area contributed by atoms with Crippen molar-refractivity contribution in [2.45, 2.75) is 32.4 Å². The summed E-state index contributed by atoms with van der Waals surface area (Å²) in [5.74, 6) is -0.872. The Labute approximate surface area is 168 Å². The molecule has 148 valence electrons. The van der Waals surface area contributed by atoms with Gasteiger partial charge >= 0.3 is 6.03 Å². The minimum atomic E-state index is -1.16. The molecule has 1 aliphatic rings. The van der Waals surface area contributed by atoms with Crippen LogP contribution in [0.1, 0.15) is 30.7 Å². The zero-order valence-corrected chi connectivity index (χ0v) is 16.8. The molecule has 4 amide bonds. The monoisotopic (exact) mass is 400 g/mol. The number of nitrogens with zero attached hydrogens (tertiary/aromatic N) is 2. The lowest BCUT2D eigenvalue weighted by Gasteiger charge is -2.26. The van der Waals surface area contributed by atoms with E-state index in [1.807, 2.05) is 54.5 Å². The molecule has 0 saturated carbocycles. The topological polar surface area (TPSA) is 81.8 Å². The van der Waals surface area contributed by atoms with Gasteiger partial charge in [0.15, 0.2) is 0 Å². The number of amides is 4. The highest BCUT2D eigenvalue weighted by Gasteiger charge is 2.52. The minimum Gasteiger partial charge on any atom is -0.318 e. The highest BCUT2D eigenvalue weighted by molar-refractivity contribution is 7.09. The molecule has 1 aromatic carbocycles. The SMILES string of the molecule is CCN(CC(=O)NN1C(=O)N[C@@](CC)(c2ccccc2)C1=O)Cc1cccs1. The summed E-state index contributed by atoms with van der Waals surface area (Å²) in [6.07, 6.45) is 0.382. The summed E-state index contributed by atoms with van der Waals surface area (Å²) in [5.41, 5.74) is 2.01. The Morgan fingerprint density at radius 1 is 1.18 bits per heavy atom. The molecule has 3 rings (SSSR count). The average Bonchev–Trinajstić information content (AvgIpc) is 3.30. The quantitative estimate of drug-likeness (QED) is 0.667. The van der Waals surface area contributed by atoms with E-state index in [9.17, 15) is 14.4 Å². The normalized spacial score (nSPS) is 19.2. The Bertz CT molecular complexity index is 840. The van der Waals surface area contributed by atoms with Crippen LogP contribution >= 0.6 is 11.3 Å². The van der Waals surface area contributed by atoms with E-state index in [1.165, 1.54) is 0 Å². The Hall–Kier alpha value is -2.71. The van der Waals surface area contributed by atoms with Crippen molar-refractivity contribution in [2.75, 3.05) is 13.1 Å². The zero-order valence-electron chi connectivity index (χ0n) is 16.0. The van der Waals surface area contributed by atoms with Crippen LogP contribution in [0.4, 0.5) is 4.79 Å². The summed E-state index contributed by atoms with van der Waals surface area (Å²) in [5, 5.41) is 5.55. The third kappa shape index (κ3) is 3.93. The second kappa shape index (κ2) is 8.53. The smallest absolute Gasteiger partial charge is 0.318 e. The van der Waals surface area contributed by atoms with E-state index in [4.69, 9.17) is 0 Å². The van der Waals surface area contributed by atoms with Gasteiger partial charge in [-0.3, -0.25) is 19.9 Å². The second-order valence-electron chi connectivity index (χ2n) is 6.61. The number of carbonyl (C=O) groups excluding carboxylic acids is 3. The van der Waals surface area contributed by atoms with Gasteiger partial charge in [-0.2, -0.15) is 5.01 Å². The van der Waals surface area contributed by atoms with Crippen molar-refractivity contribution in [1.29, 1.82) is 0 Å². The summed E-state index contributed by atoms with van der Waals surface area (Å²) in [6.45, 7) is 5.21. The van der Waals surface area contributed by atoms with Gasteiger partial charge in [0.2, 0.25) is 0 Å². The fourth-order valence-electron chi connectivity index (χ4n) is 3.30. The highest BCUT2D eigenvalue weighted by Crippen LogP contribution is 2.31. The van der Waals surface area contributed by atoms with Gasteiger partial charge in [-0.05, 0) is 30.0 Å². The molecule has 1 fully saturated rings. The number of carbonyl (C=O) groups is 3. The Morgan fingerprint density at radius 3 is 2.54 bits per heavy atom. The van der Waals surface area contributed by atoms with E-state index in [0.717, 1.165) is 9.89 Å². The van der Waals surface area contributed by atoms with E-state index >= 15 is 0 Å². The molecule has 1 aromatic heterocycles. The first-order valence-electron chi connectivity index (χ1n) is 9.26. The first-order chi connectivity index (χ1) is 13.5. The molecular formula is C20H24N4O3S. The van der Waals surface area contributed by atoms with Crippen molar-refractivity contribution >= 4 is 29.2 Å². The summed E-state index contributed by atoms with van der Waals surface area (Å²) in [6, 6.07) is 12.4. The number of hydrogen-bond acceptors (Lipinski definition) is 5. The molecule has 2 heterocycles. The van der Waals surface area contributed by atoms with Crippen LogP contribution in [0.15, 0.2) is 47.8 Å². The number of benzene rings is 1. The lowest BCUT2D eigenvalue weighted by molar-refractivity contribution is -0.139. The average molecular weight is 401 g/mol. The van der Waals surface area contributed by atoms with Crippen LogP contribution in [0.2, 0.25) is 0 Å². The molecule has 28 heavy (non-hydrogen) atoms. The molecule has 0 bridgehead atoms. The van der Waals surface area contributed by atoms with E-state index in [0.29, 0.717) is 25.1 Å². The van der Waals surface area contributed by atoms with Crippen molar-refractivity contribution in [2.24, 2.45) is 0 Å². The maximum atomic E-state index is 13.0. The third-order valence-electron chi connectivity index (χ3n) is 4.90. The molecule has 1 aliphatic heterocycles. The predicted octanol–water partition coefficient (Wildman–Crippen LogP) is 2.46. The van der Waals surface area contributed by atoms with Gasteiger partial charge in [0.05, 0.1) is 6.54 Å². The molecule has 1 atom stereocenters. The Balaban J connectivity index is 1.69. The number of imide groups is 1. The lowest BCUT2D eigenvalue weighted by atomic mass is 9.87. The largest absolute Gasteiger partial charge is 0.344 e. The molecule has 7 nitrogen and oxygen atoms in total. The molecular weight excluding hydrogens is 376 g/mol. The molecule has 1 saturated heterocycles. The van der Waals surface area contributed by atoms with Crippen molar-refractivity contribution in [1.82, 2.24) is 20.7 Å². The summed E-state index contributed by atoms with van der Waals surface area (Å²) in [7, 11) is 0. The summed E-state index contributed by atoms with van der Waals surface area (Å²) in [4.78, 5) is 41.1. The number of thiophene rings is 1. The summed E-state index contributed by atoms with van der Waals surface area (Å²) >= 11 is 1.63. The summed E-state index contributed by atoms with van der Waals surface area (Å²) < 4.78 is 0. The van der Waals surface area contributed by atoms with Gasteiger partial charge in [0.25, 0.3) is 11.8 Å². The van der Waals surface area contributed by atoms with Gasteiger partial charge in [0.1, 0.15) is 5.54 Å². The Kier molecular flexibility index (Phi) is 6.11. The Morgan fingerprint density at radius 2 is 1.93 bits per heavy atom. The fourth-order valence-corrected chi connectivity index (χ4v) is 4.05. The second-order valence-corrected chi connectivity index (χ2v) is 7.65. The van der Waals surface area contributed by atoms with Crippen molar-refractivity contribution in [3.05, 3.63) is 58.3 Å². The molecule has 2 N–H and O–H groups in total. The van der Waals surface area contributed by atoms with Crippen LogP contribution in [0.25, 0.3) is 0 Å². The van der Waals surface area contributed by atoms with E-state index in [-0.39, 0.29) is 6.54 Å². The maximum Gasteiger partial charge on any atom is 0.344 e. The molecule has 0 unspecified atom stereocenters. The van der Waals surface area contributed by atoms with Crippen LogP contribution < -0.4 is 10.7 Å². The molecule has 2 aromatic rings. The fraction of sp³-hybridized carbons (Fsp3) is 0.350. The first-order valence-corrected chi connectivity index (χ1v) is 10.1. The molecule has 0 radical (unpaired) electrons. The number of hydrogen-bond donors (Lipinski definition) is 2. The number of nitrogens with one attached hydrogen (secondary N) is 2. The number of rotatable bonds is 8. The maximum absolute atomic E-state index is 13.0. The van der Waals surface area contributed by atoms with Gasteiger partial charge in [0, 0.05) is 11.4 Å².